The van der Waals surface area contributed by atoms with E-state index in [1.54, 1.807) is 11.3 Å². The minimum Gasteiger partial charge on any atom is -0.423 e. The zero-order valence-electron chi connectivity index (χ0n) is 13.3. The largest absolute Gasteiger partial charge is 0.423 e. The number of fused-ring (bicyclic) bond motifs is 1. The van der Waals surface area contributed by atoms with Gasteiger partial charge < -0.3 is 14.6 Å². The predicted molar refractivity (Wildman–Crippen MR) is 95.4 cm³/mol. The Balaban J connectivity index is 1.42. The summed E-state index contributed by atoms with van der Waals surface area (Å²) in [5.74, 6) is 0.0614. The van der Waals surface area contributed by atoms with Crippen molar-refractivity contribution in [3.8, 4) is 0 Å². The highest BCUT2D eigenvalue weighted by molar-refractivity contribution is 7.09. The van der Waals surface area contributed by atoms with E-state index in [4.69, 9.17) is 4.42 Å². The van der Waals surface area contributed by atoms with Gasteiger partial charge in [-0.25, -0.2) is 0 Å². The van der Waals surface area contributed by atoms with Crippen LogP contribution in [0, 0.1) is 0 Å². The lowest BCUT2D eigenvalue weighted by Gasteiger charge is -2.21. The van der Waals surface area contributed by atoms with Gasteiger partial charge in [0.25, 0.3) is 6.01 Å². The minimum absolute atomic E-state index is 0.0614. The van der Waals surface area contributed by atoms with Crippen molar-refractivity contribution in [3.05, 3.63) is 46.7 Å². The van der Waals surface area contributed by atoms with Crippen molar-refractivity contribution in [3.63, 3.8) is 0 Å². The first-order valence-electron chi connectivity index (χ1n) is 8.23. The molecule has 4 rings (SSSR count). The molecule has 0 saturated carbocycles. The third-order valence-electron chi connectivity index (χ3n) is 4.33. The molecule has 3 heterocycles. The van der Waals surface area contributed by atoms with Crippen molar-refractivity contribution < 1.29 is 9.21 Å². The number of carbonyl (C=O) groups excluding carboxylic acids is 1. The molecule has 0 unspecified atom stereocenters. The normalized spacial score (nSPS) is 17.5. The van der Waals surface area contributed by atoms with Gasteiger partial charge in [0.1, 0.15) is 11.6 Å². The molecule has 1 aliphatic heterocycles. The van der Waals surface area contributed by atoms with Crippen molar-refractivity contribution in [2.75, 3.05) is 18.0 Å². The van der Waals surface area contributed by atoms with Gasteiger partial charge in [0.2, 0.25) is 5.91 Å². The molecule has 1 fully saturated rings. The summed E-state index contributed by atoms with van der Waals surface area (Å²) in [6.07, 6.45) is 2.68. The molecule has 1 saturated heterocycles. The minimum atomic E-state index is -0.193. The number of hydrogen-bond donors (Lipinski definition) is 1. The SMILES string of the molecule is O=C(NCCc1cccs1)[C@H]1CCCN1c1nc2ccccc2o1. The quantitative estimate of drug-likeness (QED) is 0.774. The van der Waals surface area contributed by atoms with Crippen LogP contribution in [0.5, 0.6) is 0 Å². The third-order valence-corrected chi connectivity index (χ3v) is 5.27. The molecule has 0 spiro atoms. The number of thiophene rings is 1. The molecule has 124 valence electrons. The molecule has 1 amide bonds. The average molecular weight is 341 g/mol. The van der Waals surface area contributed by atoms with E-state index in [-0.39, 0.29) is 11.9 Å². The van der Waals surface area contributed by atoms with E-state index in [1.807, 2.05) is 35.2 Å². The molecule has 24 heavy (non-hydrogen) atoms. The molecule has 6 heteroatoms. The maximum Gasteiger partial charge on any atom is 0.299 e. The Morgan fingerprint density at radius 3 is 3.08 bits per heavy atom. The van der Waals surface area contributed by atoms with Gasteiger partial charge in [0.05, 0.1) is 0 Å². The number of anilines is 1. The molecule has 5 nitrogen and oxygen atoms in total. The molecule has 1 atom stereocenters. The van der Waals surface area contributed by atoms with E-state index in [2.05, 4.69) is 21.7 Å². The van der Waals surface area contributed by atoms with Crippen LogP contribution in [-0.4, -0.2) is 30.0 Å². The Bertz CT molecular complexity index is 795. The number of oxazole rings is 1. The van der Waals surface area contributed by atoms with Crippen LogP contribution in [-0.2, 0) is 11.2 Å². The second-order valence-corrected chi connectivity index (χ2v) is 6.97. The Kier molecular flexibility index (Phi) is 4.21. The number of benzene rings is 1. The van der Waals surface area contributed by atoms with Crippen molar-refractivity contribution in [2.24, 2.45) is 0 Å². The highest BCUT2D eigenvalue weighted by atomic mass is 32.1. The monoisotopic (exact) mass is 341 g/mol. The summed E-state index contributed by atoms with van der Waals surface area (Å²) >= 11 is 1.72. The van der Waals surface area contributed by atoms with Crippen molar-refractivity contribution in [1.29, 1.82) is 0 Å². The number of aromatic nitrogens is 1. The fourth-order valence-corrected chi connectivity index (χ4v) is 3.84. The Morgan fingerprint density at radius 1 is 1.33 bits per heavy atom. The van der Waals surface area contributed by atoms with Gasteiger partial charge in [-0.3, -0.25) is 4.79 Å². The van der Waals surface area contributed by atoms with E-state index in [0.717, 1.165) is 36.9 Å². The first kappa shape index (κ1) is 15.2. The van der Waals surface area contributed by atoms with E-state index < -0.39 is 0 Å². The van der Waals surface area contributed by atoms with Crippen LogP contribution in [0.2, 0.25) is 0 Å². The molecule has 0 bridgehead atoms. The number of amides is 1. The topological polar surface area (TPSA) is 58.4 Å². The highest BCUT2D eigenvalue weighted by Gasteiger charge is 2.33. The van der Waals surface area contributed by atoms with E-state index in [1.165, 1.54) is 4.88 Å². The summed E-state index contributed by atoms with van der Waals surface area (Å²) in [7, 11) is 0. The number of para-hydroxylation sites is 2. The fourth-order valence-electron chi connectivity index (χ4n) is 3.13. The smallest absolute Gasteiger partial charge is 0.299 e. The van der Waals surface area contributed by atoms with Crippen LogP contribution in [0.15, 0.2) is 46.2 Å². The lowest BCUT2D eigenvalue weighted by Crippen LogP contribution is -2.44. The third kappa shape index (κ3) is 3.01. The van der Waals surface area contributed by atoms with Crippen LogP contribution in [0.3, 0.4) is 0 Å². The molecule has 0 aliphatic carbocycles. The van der Waals surface area contributed by atoms with Crippen LogP contribution in [0.1, 0.15) is 17.7 Å². The van der Waals surface area contributed by atoms with Gasteiger partial charge in [-0.1, -0.05) is 18.2 Å². The number of nitrogens with one attached hydrogen (secondary N) is 1. The molecule has 3 aromatic rings. The molecule has 2 aromatic heterocycles. The van der Waals surface area contributed by atoms with Crippen LogP contribution >= 0.6 is 11.3 Å². The fraction of sp³-hybridized carbons (Fsp3) is 0.333. The van der Waals surface area contributed by atoms with Gasteiger partial charge in [0.15, 0.2) is 5.58 Å². The van der Waals surface area contributed by atoms with Gasteiger partial charge in [-0.05, 0) is 42.8 Å². The van der Waals surface area contributed by atoms with Crippen LogP contribution < -0.4 is 10.2 Å². The number of nitrogens with zero attached hydrogens (tertiary/aromatic N) is 2. The summed E-state index contributed by atoms with van der Waals surface area (Å²) < 4.78 is 5.83. The van der Waals surface area contributed by atoms with Crippen molar-refractivity contribution in [1.82, 2.24) is 10.3 Å². The highest BCUT2D eigenvalue weighted by Crippen LogP contribution is 2.28. The summed E-state index contributed by atoms with van der Waals surface area (Å²) in [5.41, 5.74) is 1.59. The Morgan fingerprint density at radius 2 is 2.25 bits per heavy atom. The summed E-state index contributed by atoms with van der Waals surface area (Å²) in [4.78, 5) is 20.4. The lowest BCUT2D eigenvalue weighted by atomic mass is 10.2. The van der Waals surface area contributed by atoms with E-state index >= 15 is 0 Å². The van der Waals surface area contributed by atoms with E-state index in [0.29, 0.717) is 12.6 Å². The number of rotatable bonds is 5. The van der Waals surface area contributed by atoms with Gasteiger partial charge in [0, 0.05) is 18.0 Å². The second-order valence-electron chi connectivity index (χ2n) is 5.94. The van der Waals surface area contributed by atoms with Crippen molar-refractivity contribution >= 4 is 34.4 Å². The molecular formula is C18H19N3O2S. The first-order valence-corrected chi connectivity index (χ1v) is 9.11. The second kappa shape index (κ2) is 6.65. The molecule has 0 radical (unpaired) electrons. The Labute approximate surface area is 144 Å². The van der Waals surface area contributed by atoms with Gasteiger partial charge in [-0.2, -0.15) is 4.98 Å². The standard InChI is InChI=1S/C18H19N3O2S/c22-17(19-10-9-13-5-4-12-24-13)15-7-3-11-21(15)18-20-14-6-1-2-8-16(14)23-18/h1-2,4-6,8,12,15H,3,7,9-11H2,(H,19,22)/t15-/m1/s1. The van der Waals surface area contributed by atoms with Gasteiger partial charge in [-0.15, -0.1) is 11.3 Å². The maximum absolute atomic E-state index is 12.6. The van der Waals surface area contributed by atoms with Crippen LogP contribution in [0.4, 0.5) is 6.01 Å². The van der Waals surface area contributed by atoms with Crippen molar-refractivity contribution in [2.45, 2.75) is 25.3 Å². The lowest BCUT2D eigenvalue weighted by molar-refractivity contribution is -0.122. The summed E-state index contributed by atoms with van der Waals surface area (Å²) in [5, 5.41) is 5.11. The van der Waals surface area contributed by atoms with Crippen LogP contribution in [0.25, 0.3) is 11.1 Å². The van der Waals surface area contributed by atoms with E-state index in [9.17, 15) is 4.79 Å². The molecular weight excluding hydrogens is 322 g/mol. The maximum atomic E-state index is 12.6. The Hall–Kier alpha value is -2.34. The summed E-state index contributed by atoms with van der Waals surface area (Å²) in [6, 6.07) is 12.2. The predicted octanol–water partition coefficient (Wildman–Crippen LogP) is 3.22. The molecule has 1 aliphatic rings. The zero-order valence-corrected chi connectivity index (χ0v) is 14.1. The first-order chi connectivity index (χ1) is 11.8. The average Bonchev–Trinajstić information content (AvgIpc) is 3.33. The molecule has 1 aromatic carbocycles. The molecule has 1 N–H and O–H groups in total. The number of carbonyl (C=O) groups is 1. The van der Waals surface area contributed by atoms with Gasteiger partial charge >= 0.3 is 0 Å². The summed E-state index contributed by atoms with van der Waals surface area (Å²) in [6.45, 7) is 1.47. The zero-order chi connectivity index (χ0) is 16.4. The number of hydrogen-bond acceptors (Lipinski definition) is 5.